The third-order valence-corrected chi connectivity index (χ3v) is 7.71. The summed E-state index contributed by atoms with van der Waals surface area (Å²) in [5, 5.41) is 5.17. The molecule has 1 saturated heterocycles. The van der Waals surface area contributed by atoms with E-state index < -0.39 is 10.0 Å². The van der Waals surface area contributed by atoms with Crippen molar-refractivity contribution >= 4 is 38.9 Å². The van der Waals surface area contributed by atoms with Crippen LogP contribution in [0.2, 0.25) is 5.02 Å². The van der Waals surface area contributed by atoms with Gasteiger partial charge in [-0.3, -0.25) is 9.52 Å². The fraction of sp³-hybridized carbons (Fsp3) is 0.519. The summed E-state index contributed by atoms with van der Waals surface area (Å²) in [6.45, 7) is 4.84. The number of hydrogen-bond acceptors (Lipinski definition) is 5. The second-order valence-electron chi connectivity index (χ2n) is 9.98. The molecule has 1 fully saturated rings. The third kappa shape index (κ3) is 6.82. The number of nitrogens with zero attached hydrogens (tertiary/aromatic N) is 4. The van der Waals surface area contributed by atoms with Crippen molar-refractivity contribution in [2.75, 3.05) is 17.5 Å². The van der Waals surface area contributed by atoms with E-state index in [0.717, 1.165) is 61.0 Å². The zero-order chi connectivity index (χ0) is 26.6. The molecule has 1 aromatic carbocycles. The lowest BCUT2D eigenvalue weighted by Gasteiger charge is -2.35. The van der Waals surface area contributed by atoms with Crippen molar-refractivity contribution in [3.63, 3.8) is 0 Å². The molecule has 200 valence electrons. The molecule has 4 rings (SSSR count). The predicted octanol–water partition coefficient (Wildman–Crippen LogP) is 5.94. The van der Waals surface area contributed by atoms with E-state index in [1.54, 1.807) is 15.5 Å². The summed E-state index contributed by atoms with van der Waals surface area (Å²) in [6, 6.07) is 6.35. The number of aryl methyl sites for hydroxylation is 2. The molecule has 1 N–H and O–H groups in total. The van der Waals surface area contributed by atoms with Crippen LogP contribution in [0.3, 0.4) is 0 Å². The van der Waals surface area contributed by atoms with Crippen LogP contribution < -0.4 is 4.72 Å². The van der Waals surface area contributed by atoms with Gasteiger partial charge in [-0.15, -0.1) is 0 Å². The maximum absolute atomic E-state index is 13.7. The average molecular weight is 546 g/mol. The van der Waals surface area contributed by atoms with E-state index in [9.17, 15) is 13.2 Å². The smallest absolute Gasteiger partial charge is 0.256 e. The van der Waals surface area contributed by atoms with E-state index in [0.29, 0.717) is 11.6 Å². The highest BCUT2D eigenvalue weighted by Crippen LogP contribution is 2.34. The number of likely N-dealkylation sites (tertiary alicyclic amines) is 1. The van der Waals surface area contributed by atoms with Gasteiger partial charge in [-0.05, 0) is 62.8 Å². The Hall–Kier alpha value is -2.65. The number of halogens is 1. The van der Waals surface area contributed by atoms with Crippen molar-refractivity contribution < 1.29 is 13.2 Å². The van der Waals surface area contributed by atoms with Gasteiger partial charge in [-0.2, -0.15) is 5.10 Å². The topological polar surface area (TPSA) is 96.7 Å². The summed E-state index contributed by atoms with van der Waals surface area (Å²) in [6.07, 6.45) is 12.7. The van der Waals surface area contributed by atoms with Gasteiger partial charge >= 0.3 is 0 Å². The number of rotatable bonds is 10. The Balaban J connectivity index is 1.60. The highest BCUT2D eigenvalue weighted by molar-refractivity contribution is 7.92. The molecule has 0 spiro atoms. The lowest BCUT2D eigenvalue weighted by atomic mass is 9.98. The van der Waals surface area contributed by atoms with Crippen LogP contribution in [0.5, 0.6) is 0 Å². The number of amides is 1. The number of fused-ring (bicyclic) bond motifs is 1. The molecule has 0 bridgehead atoms. The number of piperidine rings is 1. The molecule has 3 aromatic rings. The number of hydrogen-bond donors (Lipinski definition) is 1. The number of carbonyl (C=O) groups excluding carboxylic acids is 1. The maximum Gasteiger partial charge on any atom is 0.256 e. The van der Waals surface area contributed by atoms with Crippen LogP contribution >= 0.6 is 11.6 Å². The quantitative estimate of drug-likeness (QED) is 0.318. The molecular formula is C27H36ClN5O3S. The van der Waals surface area contributed by atoms with E-state index >= 15 is 0 Å². The Bertz CT molecular complexity index is 1370. The molecule has 1 aliphatic heterocycles. The monoisotopic (exact) mass is 545 g/mol. The van der Waals surface area contributed by atoms with Gasteiger partial charge in [0.05, 0.1) is 29.2 Å². The second kappa shape index (κ2) is 11.8. The third-order valence-electron chi connectivity index (χ3n) is 6.89. The normalized spacial score (nSPS) is 16.3. The lowest BCUT2D eigenvalue weighted by molar-refractivity contribution is 0.0607. The second-order valence-corrected chi connectivity index (χ2v) is 12.2. The van der Waals surface area contributed by atoms with Crippen LogP contribution in [0.1, 0.15) is 91.6 Å². The van der Waals surface area contributed by atoms with Crippen LogP contribution in [0.15, 0.2) is 30.5 Å². The number of aromatic nitrogens is 3. The van der Waals surface area contributed by atoms with Crippen molar-refractivity contribution in [3.8, 4) is 0 Å². The number of sulfonamides is 1. The first-order chi connectivity index (χ1) is 17.7. The summed E-state index contributed by atoms with van der Waals surface area (Å²) in [4.78, 5) is 20.4. The standard InChI is InChI=1S/C27H36ClN5O3S/c1-4-5-6-7-8-11-22-19(2)18-33-26(29-22)17-24(30-33)25-12-9-10-15-32(25)27(34)21-16-20(28)13-14-23(21)31-37(3,35)36/h13-14,16-18,25,31H,4-12,15H2,1-3H3/t25-/m0/s1. The fourth-order valence-electron chi connectivity index (χ4n) is 5.00. The largest absolute Gasteiger partial charge is 0.330 e. The van der Waals surface area contributed by atoms with E-state index in [2.05, 4.69) is 18.6 Å². The number of benzene rings is 1. The van der Waals surface area contributed by atoms with Gasteiger partial charge in [0.15, 0.2) is 5.65 Å². The lowest BCUT2D eigenvalue weighted by Crippen LogP contribution is -2.39. The number of anilines is 1. The molecule has 1 aliphatic rings. The van der Waals surface area contributed by atoms with Gasteiger partial charge in [0.2, 0.25) is 10.0 Å². The molecule has 1 atom stereocenters. The summed E-state index contributed by atoms with van der Waals surface area (Å²) in [7, 11) is -3.57. The van der Waals surface area contributed by atoms with Gasteiger partial charge in [-0.25, -0.2) is 17.9 Å². The first-order valence-corrected chi connectivity index (χ1v) is 15.4. The maximum atomic E-state index is 13.7. The van der Waals surface area contributed by atoms with E-state index in [1.807, 2.05) is 12.3 Å². The minimum absolute atomic E-state index is 0.220. The van der Waals surface area contributed by atoms with Crippen molar-refractivity contribution in [2.45, 2.75) is 77.7 Å². The molecule has 0 saturated carbocycles. The van der Waals surface area contributed by atoms with Gasteiger partial charge in [-0.1, -0.05) is 44.2 Å². The summed E-state index contributed by atoms with van der Waals surface area (Å²) >= 11 is 6.20. The Kier molecular flexibility index (Phi) is 8.75. The van der Waals surface area contributed by atoms with Crippen LogP contribution in [-0.2, 0) is 16.4 Å². The number of unbranched alkanes of at least 4 members (excludes halogenated alkanes) is 4. The van der Waals surface area contributed by atoms with Gasteiger partial charge in [0.1, 0.15) is 0 Å². The molecule has 0 aliphatic carbocycles. The van der Waals surface area contributed by atoms with Crippen LogP contribution in [0.4, 0.5) is 5.69 Å². The predicted molar refractivity (Wildman–Crippen MR) is 148 cm³/mol. The Labute approximate surface area is 224 Å². The summed E-state index contributed by atoms with van der Waals surface area (Å²) in [5.41, 5.74) is 4.24. The first-order valence-electron chi connectivity index (χ1n) is 13.1. The van der Waals surface area contributed by atoms with E-state index in [4.69, 9.17) is 21.7 Å². The summed E-state index contributed by atoms with van der Waals surface area (Å²) < 4.78 is 28.1. The minimum atomic E-state index is -3.57. The number of carbonyl (C=O) groups is 1. The van der Waals surface area contributed by atoms with Crippen molar-refractivity contribution in [1.82, 2.24) is 19.5 Å². The zero-order valence-corrected chi connectivity index (χ0v) is 23.4. The fourth-order valence-corrected chi connectivity index (χ4v) is 5.75. The summed E-state index contributed by atoms with van der Waals surface area (Å²) in [5.74, 6) is -0.271. The molecule has 0 radical (unpaired) electrons. The SMILES string of the molecule is CCCCCCCc1nc2cc([C@@H]3CCCCN3C(=O)c3cc(Cl)ccc3NS(C)(=O)=O)nn2cc1C. The molecule has 1 amide bonds. The van der Waals surface area contributed by atoms with Crippen LogP contribution in [0, 0.1) is 6.92 Å². The number of nitrogens with one attached hydrogen (secondary N) is 1. The van der Waals surface area contributed by atoms with Crippen LogP contribution in [0.25, 0.3) is 5.65 Å². The molecule has 2 aromatic heterocycles. The van der Waals surface area contributed by atoms with E-state index in [1.165, 1.54) is 37.8 Å². The highest BCUT2D eigenvalue weighted by atomic mass is 35.5. The van der Waals surface area contributed by atoms with Crippen molar-refractivity contribution in [3.05, 3.63) is 58.0 Å². The first kappa shape index (κ1) is 27.4. The van der Waals surface area contributed by atoms with Crippen LogP contribution in [-0.4, -0.2) is 46.6 Å². The van der Waals surface area contributed by atoms with Gasteiger partial charge < -0.3 is 4.90 Å². The minimum Gasteiger partial charge on any atom is -0.330 e. The molecule has 3 heterocycles. The van der Waals surface area contributed by atoms with Gasteiger partial charge in [0, 0.05) is 29.5 Å². The molecular weight excluding hydrogens is 510 g/mol. The zero-order valence-electron chi connectivity index (χ0n) is 21.8. The molecule has 8 nitrogen and oxygen atoms in total. The highest BCUT2D eigenvalue weighted by Gasteiger charge is 2.32. The van der Waals surface area contributed by atoms with Crippen molar-refractivity contribution in [2.24, 2.45) is 0 Å². The van der Waals surface area contributed by atoms with Crippen molar-refractivity contribution in [1.29, 1.82) is 0 Å². The molecule has 0 unspecified atom stereocenters. The Morgan fingerprint density at radius 1 is 1.16 bits per heavy atom. The van der Waals surface area contributed by atoms with E-state index in [-0.39, 0.29) is 23.2 Å². The molecule has 37 heavy (non-hydrogen) atoms. The average Bonchev–Trinajstić information content (AvgIpc) is 3.26. The molecule has 10 heteroatoms. The van der Waals surface area contributed by atoms with Gasteiger partial charge in [0.25, 0.3) is 5.91 Å². The Morgan fingerprint density at radius 3 is 2.70 bits per heavy atom. The Morgan fingerprint density at radius 2 is 1.95 bits per heavy atom.